The van der Waals surface area contributed by atoms with Gasteiger partial charge in [0.15, 0.2) is 5.75 Å². The highest BCUT2D eigenvalue weighted by Crippen LogP contribution is 2.34. The lowest BCUT2D eigenvalue weighted by Gasteiger charge is -2.10. The molecule has 0 saturated carbocycles. The highest BCUT2D eigenvalue weighted by Gasteiger charge is 2.26. The van der Waals surface area contributed by atoms with Crippen LogP contribution in [0.4, 0.5) is 0 Å². The quantitative estimate of drug-likeness (QED) is 0.418. The highest BCUT2D eigenvalue weighted by atomic mass is 16.4. The third kappa shape index (κ3) is 5.72. The predicted octanol–water partition coefficient (Wildman–Crippen LogP) is 4.13. The minimum atomic E-state index is -1.04. The summed E-state index contributed by atoms with van der Waals surface area (Å²) in [6, 6.07) is 14.8. The van der Waals surface area contributed by atoms with Crippen molar-refractivity contribution in [3.63, 3.8) is 0 Å². The maximum absolute atomic E-state index is 12.4. The van der Waals surface area contributed by atoms with Crippen LogP contribution in [-0.2, 0) is 34.1 Å². The predicted molar refractivity (Wildman–Crippen MR) is 118 cm³/mol. The summed E-state index contributed by atoms with van der Waals surface area (Å²) in [5.41, 5.74) is 7.87. The van der Waals surface area contributed by atoms with Gasteiger partial charge in [-0.2, -0.15) is 0 Å². The number of nitrogens with zero attached hydrogens (tertiary/aromatic N) is 1. The fourth-order valence-corrected chi connectivity index (χ4v) is 3.51. The zero-order chi connectivity index (χ0) is 23.0. The summed E-state index contributed by atoms with van der Waals surface area (Å²) in [5, 5.41) is 20.6. The van der Waals surface area contributed by atoms with Crippen LogP contribution in [0.5, 0.6) is 5.75 Å². The average Bonchev–Trinajstić information content (AvgIpc) is 3.07. The van der Waals surface area contributed by atoms with E-state index < -0.39 is 17.7 Å². The van der Waals surface area contributed by atoms with E-state index in [0.717, 1.165) is 18.4 Å². The van der Waals surface area contributed by atoms with Crippen LogP contribution in [0.3, 0.4) is 0 Å². The molecular formula is C24H27N2O5. The first-order valence-corrected chi connectivity index (χ1v) is 10.2. The molecule has 0 aliphatic carbocycles. The van der Waals surface area contributed by atoms with Gasteiger partial charge in [0.25, 0.3) is 11.7 Å². The number of amides is 1. The van der Waals surface area contributed by atoms with Gasteiger partial charge in [0.1, 0.15) is 0 Å². The number of carbonyl (C=O) groups excluding carboxylic acids is 2. The molecule has 3 aromatic rings. The third-order valence-electron chi connectivity index (χ3n) is 4.88. The first-order chi connectivity index (χ1) is 14.8. The van der Waals surface area contributed by atoms with E-state index in [1.807, 2.05) is 48.7 Å². The van der Waals surface area contributed by atoms with Gasteiger partial charge in [-0.05, 0) is 37.0 Å². The number of carbonyl (C=O) groups is 3. The summed E-state index contributed by atoms with van der Waals surface area (Å²) in [4.78, 5) is 33.4. The molecule has 1 radical (unpaired) electrons. The third-order valence-corrected chi connectivity index (χ3v) is 4.88. The van der Waals surface area contributed by atoms with Gasteiger partial charge in [0, 0.05) is 18.7 Å². The molecule has 0 aliphatic rings. The van der Waals surface area contributed by atoms with Crippen molar-refractivity contribution in [1.82, 2.24) is 4.57 Å². The zero-order valence-corrected chi connectivity index (χ0v) is 17.8. The lowest BCUT2D eigenvalue weighted by atomic mass is 10.0. The van der Waals surface area contributed by atoms with Crippen LogP contribution in [0.15, 0.2) is 48.5 Å². The summed E-state index contributed by atoms with van der Waals surface area (Å²) in [5.74, 6) is -2.82. The fourth-order valence-electron chi connectivity index (χ4n) is 3.51. The number of aromatic nitrogens is 1. The lowest BCUT2D eigenvalue weighted by molar-refractivity contribution is -0.137. The minimum Gasteiger partial charge on any atom is -0.481 e. The van der Waals surface area contributed by atoms with E-state index in [-0.39, 0.29) is 16.7 Å². The van der Waals surface area contributed by atoms with Gasteiger partial charge in [-0.15, -0.1) is 0 Å². The summed E-state index contributed by atoms with van der Waals surface area (Å²) in [6.45, 7) is 4.35. The molecule has 3 rings (SSSR count). The minimum absolute atomic E-state index is 0.156. The summed E-state index contributed by atoms with van der Waals surface area (Å²) in [7, 11) is 0. The second kappa shape index (κ2) is 11.0. The topological polar surface area (TPSA) is 122 Å². The molecule has 3 N–H and O–H groups in total. The van der Waals surface area contributed by atoms with Crippen molar-refractivity contribution >= 4 is 28.6 Å². The molecule has 0 atom stereocenters. The Morgan fingerprint density at radius 2 is 1.68 bits per heavy atom. The Labute approximate surface area is 181 Å². The van der Waals surface area contributed by atoms with Crippen molar-refractivity contribution in [2.75, 3.05) is 0 Å². The molecule has 0 aliphatic heterocycles. The lowest BCUT2D eigenvalue weighted by Crippen LogP contribution is -2.24. The van der Waals surface area contributed by atoms with Crippen LogP contribution in [-0.4, -0.2) is 27.3 Å². The van der Waals surface area contributed by atoms with E-state index in [4.69, 9.17) is 10.8 Å². The molecule has 1 amide bonds. The van der Waals surface area contributed by atoms with Crippen LogP contribution in [0, 0.1) is 0 Å². The number of aliphatic carboxylic acids is 1. The smallest absolute Gasteiger partial charge is 0.303 e. The molecule has 7 nitrogen and oxygen atoms in total. The molecule has 0 spiro atoms. The van der Waals surface area contributed by atoms with E-state index >= 15 is 0 Å². The zero-order valence-electron chi connectivity index (χ0n) is 17.8. The van der Waals surface area contributed by atoms with Crippen LogP contribution in [0.2, 0.25) is 0 Å². The second-order valence-electron chi connectivity index (χ2n) is 7.05. The number of ketones is 1. The van der Waals surface area contributed by atoms with Crippen molar-refractivity contribution in [2.45, 2.75) is 46.1 Å². The number of hydrogen-bond acceptors (Lipinski definition) is 3. The summed E-state index contributed by atoms with van der Waals surface area (Å²) < 4.78 is 1.96. The molecule has 0 fully saturated rings. The Balaban J connectivity index is 0.000000501. The highest BCUT2D eigenvalue weighted by molar-refractivity contribution is 6.45. The summed E-state index contributed by atoms with van der Waals surface area (Å²) in [6.07, 6.45) is 2.30. The molecule has 1 aromatic heterocycles. The van der Waals surface area contributed by atoms with Gasteiger partial charge in [0.05, 0.1) is 16.5 Å². The normalized spacial score (nSPS) is 10.4. The number of hydrogen-bond donors (Lipinski definition) is 2. The monoisotopic (exact) mass is 423 g/mol. The van der Waals surface area contributed by atoms with Crippen molar-refractivity contribution in [1.29, 1.82) is 0 Å². The van der Waals surface area contributed by atoms with Crippen LogP contribution in [0.1, 0.15) is 48.3 Å². The summed E-state index contributed by atoms with van der Waals surface area (Å²) >= 11 is 0. The molecular weight excluding hydrogens is 396 g/mol. The standard InChI is InChI=1S/C20H19N2O3.C4H8O2/c1-2-14-18(19(24)20(21)25)17-15(9-6-10-16(17)23)22(14)12-11-13-7-4-3-5-8-13;1-2-3-4(5)6/h3-10H,2,11-12H2,1H3,(H2,21,25);2-3H2,1H3,(H,5,6). The Morgan fingerprint density at radius 1 is 1.00 bits per heavy atom. The number of fused-ring (bicyclic) bond motifs is 1. The fraction of sp³-hybridized carbons (Fsp3) is 0.292. The van der Waals surface area contributed by atoms with Crippen LogP contribution in [0.25, 0.3) is 10.9 Å². The molecule has 1 heterocycles. The Kier molecular flexibility index (Phi) is 8.37. The molecule has 31 heavy (non-hydrogen) atoms. The van der Waals surface area contributed by atoms with Gasteiger partial charge >= 0.3 is 5.97 Å². The van der Waals surface area contributed by atoms with E-state index in [1.165, 1.54) is 6.07 Å². The van der Waals surface area contributed by atoms with Gasteiger partial charge in [-0.1, -0.05) is 50.2 Å². The number of rotatable bonds is 8. The SMILES string of the molecule is CCCC(=O)O.CCc1c(C(=O)C(N)=O)c2c([O])cccc2n1CCc1ccccc1. The number of nitrogens with two attached hydrogens (primary N) is 1. The van der Waals surface area contributed by atoms with Gasteiger partial charge < -0.3 is 15.4 Å². The van der Waals surface area contributed by atoms with Crippen molar-refractivity contribution in [3.05, 3.63) is 65.4 Å². The molecule has 2 aromatic carbocycles. The van der Waals surface area contributed by atoms with E-state index in [1.54, 1.807) is 12.1 Å². The van der Waals surface area contributed by atoms with Crippen LogP contribution >= 0.6 is 0 Å². The second-order valence-corrected chi connectivity index (χ2v) is 7.05. The molecule has 0 saturated heterocycles. The van der Waals surface area contributed by atoms with E-state index in [9.17, 15) is 19.5 Å². The van der Waals surface area contributed by atoms with Gasteiger partial charge in [-0.25, -0.2) is 0 Å². The Hall–Kier alpha value is -3.61. The number of carboxylic acid groups (broad SMARTS) is 1. The largest absolute Gasteiger partial charge is 0.481 e. The maximum Gasteiger partial charge on any atom is 0.303 e. The molecule has 7 heteroatoms. The Morgan fingerprint density at radius 3 is 2.19 bits per heavy atom. The van der Waals surface area contributed by atoms with E-state index in [2.05, 4.69) is 0 Å². The number of benzene rings is 2. The number of primary amides is 1. The van der Waals surface area contributed by atoms with E-state index in [0.29, 0.717) is 30.6 Å². The average molecular weight is 423 g/mol. The Bertz CT molecular complexity index is 1070. The van der Waals surface area contributed by atoms with Crippen molar-refractivity contribution < 1.29 is 24.6 Å². The number of Topliss-reactive ketones (excluding diaryl/α,β-unsaturated/α-hetero) is 1. The van der Waals surface area contributed by atoms with Crippen LogP contribution < -0.4 is 5.73 Å². The maximum atomic E-state index is 12.4. The first kappa shape index (κ1) is 23.7. The molecule has 0 bridgehead atoms. The first-order valence-electron chi connectivity index (χ1n) is 10.2. The van der Waals surface area contributed by atoms with Crippen molar-refractivity contribution in [3.8, 4) is 5.75 Å². The number of aryl methyl sites for hydroxylation is 2. The van der Waals surface area contributed by atoms with Gasteiger partial charge in [0.2, 0.25) is 0 Å². The molecule has 163 valence electrons. The van der Waals surface area contributed by atoms with Gasteiger partial charge in [-0.3, -0.25) is 19.5 Å². The molecule has 0 unspecified atom stereocenters. The van der Waals surface area contributed by atoms with Crippen molar-refractivity contribution in [2.24, 2.45) is 5.73 Å². The number of carboxylic acids is 1.